The van der Waals surface area contributed by atoms with Gasteiger partial charge in [-0.25, -0.2) is 9.78 Å². The standard InChI is InChI=1S/C33H39N3O3/c1-4-6-20-35(23-25-16-18-27(19-17-25)33(37)38)24-30-31(26-12-9-8-10-13-26)34-32(36(30)21-7-5-2)28-14-11-15-29(22-28)39-3/h8-19,22H,4-7,20-21,23-24H2,1-3H3,(H,37,38). The third kappa shape index (κ3) is 7.15. The summed E-state index contributed by atoms with van der Waals surface area (Å²) in [6.45, 7) is 7.73. The minimum atomic E-state index is -0.901. The lowest BCUT2D eigenvalue weighted by atomic mass is 10.1. The van der Waals surface area contributed by atoms with Crippen LogP contribution in [0.1, 0.15) is 61.1 Å². The summed E-state index contributed by atoms with van der Waals surface area (Å²) in [7, 11) is 1.69. The Balaban J connectivity index is 1.79. The zero-order valence-electron chi connectivity index (χ0n) is 23.3. The van der Waals surface area contributed by atoms with Gasteiger partial charge in [0, 0.05) is 30.8 Å². The second-order valence-electron chi connectivity index (χ2n) is 9.90. The van der Waals surface area contributed by atoms with Gasteiger partial charge in [-0.3, -0.25) is 4.90 Å². The van der Waals surface area contributed by atoms with Gasteiger partial charge in [-0.2, -0.15) is 0 Å². The number of carboxylic acids is 1. The Morgan fingerprint density at radius 1 is 0.897 bits per heavy atom. The molecule has 0 saturated carbocycles. The topological polar surface area (TPSA) is 67.6 Å². The van der Waals surface area contributed by atoms with Crippen molar-refractivity contribution in [2.24, 2.45) is 0 Å². The first-order valence-corrected chi connectivity index (χ1v) is 13.9. The van der Waals surface area contributed by atoms with Crippen LogP contribution in [0.15, 0.2) is 78.9 Å². The normalized spacial score (nSPS) is 11.2. The molecule has 0 amide bonds. The van der Waals surface area contributed by atoms with Crippen molar-refractivity contribution in [1.29, 1.82) is 0 Å². The van der Waals surface area contributed by atoms with Crippen LogP contribution in [-0.4, -0.2) is 39.2 Å². The molecule has 39 heavy (non-hydrogen) atoms. The second kappa shape index (κ2) is 13.8. The van der Waals surface area contributed by atoms with Crippen LogP contribution in [0.5, 0.6) is 5.75 Å². The molecule has 204 valence electrons. The summed E-state index contributed by atoms with van der Waals surface area (Å²) in [6.07, 6.45) is 4.33. The van der Waals surface area contributed by atoms with E-state index in [9.17, 15) is 9.90 Å². The molecular formula is C33H39N3O3. The zero-order valence-corrected chi connectivity index (χ0v) is 23.3. The number of nitrogens with zero attached hydrogens (tertiary/aromatic N) is 3. The zero-order chi connectivity index (χ0) is 27.6. The number of methoxy groups -OCH3 is 1. The number of ether oxygens (including phenoxy) is 1. The number of carboxylic acid groups (broad SMARTS) is 1. The van der Waals surface area contributed by atoms with Crippen molar-refractivity contribution in [1.82, 2.24) is 14.5 Å². The number of hydrogen-bond donors (Lipinski definition) is 1. The molecule has 0 atom stereocenters. The lowest BCUT2D eigenvalue weighted by molar-refractivity contribution is 0.0697. The van der Waals surface area contributed by atoms with Gasteiger partial charge in [-0.05, 0) is 49.2 Å². The van der Waals surface area contributed by atoms with E-state index in [1.54, 1.807) is 19.2 Å². The fourth-order valence-electron chi connectivity index (χ4n) is 4.83. The molecule has 3 aromatic carbocycles. The number of hydrogen-bond acceptors (Lipinski definition) is 4. The highest BCUT2D eigenvalue weighted by Crippen LogP contribution is 2.32. The minimum absolute atomic E-state index is 0.311. The van der Waals surface area contributed by atoms with Gasteiger partial charge in [-0.15, -0.1) is 0 Å². The molecule has 6 nitrogen and oxygen atoms in total. The number of carbonyl (C=O) groups is 1. The van der Waals surface area contributed by atoms with Crippen LogP contribution < -0.4 is 4.74 Å². The molecule has 0 aliphatic heterocycles. The summed E-state index contributed by atoms with van der Waals surface area (Å²) in [4.78, 5) is 19.1. The Morgan fingerprint density at radius 3 is 2.28 bits per heavy atom. The number of rotatable bonds is 14. The van der Waals surface area contributed by atoms with E-state index in [-0.39, 0.29) is 0 Å². The monoisotopic (exact) mass is 525 g/mol. The van der Waals surface area contributed by atoms with Crippen molar-refractivity contribution in [3.05, 3.63) is 95.7 Å². The molecule has 0 saturated heterocycles. The molecule has 6 heteroatoms. The smallest absolute Gasteiger partial charge is 0.335 e. The van der Waals surface area contributed by atoms with Gasteiger partial charge in [0.15, 0.2) is 0 Å². The van der Waals surface area contributed by atoms with Crippen molar-refractivity contribution < 1.29 is 14.6 Å². The average molecular weight is 526 g/mol. The van der Waals surface area contributed by atoms with Crippen LogP contribution in [0.3, 0.4) is 0 Å². The summed E-state index contributed by atoms with van der Waals surface area (Å²) in [5, 5.41) is 9.31. The number of aromatic nitrogens is 2. The SMILES string of the molecule is CCCCN(Cc1ccc(C(=O)O)cc1)Cc1c(-c2ccccc2)nc(-c2cccc(OC)c2)n1CCCC. The van der Waals surface area contributed by atoms with Crippen LogP contribution in [-0.2, 0) is 19.6 Å². The Kier molecular flexibility index (Phi) is 9.92. The fraction of sp³-hybridized carbons (Fsp3) is 0.333. The largest absolute Gasteiger partial charge is 0.497 e. The fourth-order valence-corrected chi connectivity index (χ4v) is 4.83. The van der Waals surface area contributed by atoms with Crippen molar-refractivity contribution in [3.8, 4) is 28.4 Å². The van der Waals surface area contributed by atoms with Gasteiger partial charge in [0.2, 0.25) is 0 Å². The summed E-state index contributed by atoms with van der Waals surface area (Å²) in [5.41, 5.74) is 5.76. The molecule has 0 aliphatic carbocycles. The summed E-state index contributed by atoms with van der Waals surface area (Å²) < 4.78 is 7.93. The molecule has 1 N–H and O–H groups in total. The number of imidazole rings is 1. The Hall–Kier alpha value is -3.90. The molecule has 0 bridgehead atoms. The van der Waals surface area contributed by atoms with E-state index in [2.05, 4.69) is 59.7 Å². The molecule has 0 aliphatic rings. The third-order valence-corrected chi connectivity index (χ3v) is 6.99. The molecule has 0 fully saturated rings. The molecule has 1 heterocycles. The Labute approximate surface area is 231 Å². The van der Waals surface area contributed by atoms with E-state index in [0.29, 0.717) is 5.56 Å². The molecule has 0 spiro atoms. The molecule has 0 radical (unpaired) electrons. The highest BCUT2D eigenvalue weighted by molar-refractivity contribution is 5.87. The second-order valence-corrected chi connectivity index (χ2v) is 9.90. The number of unbranched alkanes of at least 4 members (excludes halogenated alkanes) is 2. The van der Waals surface area contributed by atoms with Crippen LogP contribution in [0.4, 0.5) is 0 Å². The predicted molar refractivity (Wildman–Crippen MR) is 157 cm³/mol. The van der Waals surface area contributed by atoms with E-state index in [1.165, 1.54) is 5.69 Å². The highest BCUT2D eigenvalue weighted by Gasteiger charge is 2.22. The summed E-state index contributed by atoms with van der Waals surface area (Å²) >= 11 is 0. The summed E-state index contributed by atoms with van der Waals surface area (Å²) in [6, 6.07) is 25.8. The van der Waals surface area contributed by atoms with E-state index in [4.69, 9.17) is 9.72 Å². The van der Waals surface area contributed by atoms with Gasteiger partial charge >= 0.3 is 5.97 Å². The maximum absolute atomic E-state index is 11.3. The van der Waals surface area contributed by atoms with Gasteiger partial charge in [-0.1, -0.05) is 81.3 Å². The van der Waals surface area contributed by atoms with Crippen molar-refractivity contribution >= 4 is 5.97 Å². The molecule has 0 unspecified atom stereocenters. The highest BCUT2D eigenvalue weighted by atomic mass is 16.5. The van der Waals surface area contributed by atoms with Gasteiger partial charge in [0.25, 0.3) is 0 Å². The first-order chi connectivity index (χ1) is 19.0. The van der Waals surface area contributed by atoms with E-state index in [1.807, 2.05) is 30.3 Å². The lowest BCUT2D eigenvalue weighted by Crippen LogP contribution is -2.26. The minimum Gasteiger partial charge on any atom is -0.497 e. The quantitative estimate of drug-likeness (QED) is 0.184. The van der Waals surface area contributed by atoms with Gasteiger partial charge in [0.05, 0.1) is 24.1 Å². The van der Waals surface area contributed by atoms with Crippen molar-refractivity contribution in [3.63, 3.8) is 0 Å². The first kappa shape index (κ1) is 28.1. The lowest BCUT2D eigenvalue weighted by Gasteiger charge is -2.24. The Bertz CT molecular complexity index is 1350. The first-order valence-electron chi connectivity index (χ1n) is 13.9. The van der Waals surface area contributed by atoms with Gasteiger partial charge < -0.3 is 14.4 Å². The maximum atomic E-state index is 11.3. The number of benzene rings is 3. The molecule has 4 aromatic rings. The Morgan fingerprint density at radius 2 is 1.62 bits per heavy atom. The van der Waals surface area contributed by atoms with E-state index in [0.717, 1.165) is 85.8 Å². The van der Waals surface area contributed by atoms with Crippen LogP contribution in [0.2, 0.25) is 0 Å². The predicted octanol–water partition coefficient (Wildman–Crippen LogP) is 7.53. The molecule has 4 rings (SSSR count). The molecule has 1 aromatic heterocycles. The maximum Gasteiger partial charge on any atom is 0.335 e. The van der Waals surface area contributed by atoms with Crippen LogP contribution >= 0.6 is 0 Å². The van der Waals surface area contributed by atoms with Gasteiger partial charge in [0.1, 0.15) is 11.6 Å². The number of aromatic carboxylic acids is 1. The van der Waals surface area contributed by atoms with E-state index < -0.39 is 5.97 Å². The van der Waals surface area contributed by atoms with Crippen molar-refractivity contribution in [2.75, 3.05) is 13.7 Å². The summed E-state index contributed by atoms with van der Waals surface area (Å²) in [5.74, 6) is 0.869. The van der Waals surface area contributed by atoms with Crippen LogP contribution in [0.25, 0.3) is 22.6 Å². The average Bonchev–Trinajstić information content (AvgIpc) is 3.33. The van der Waals surface area contributed by atoms with Crippen LogP contribution in [0, 0.1) is 0 Å². The van der Waals surface area contributed by atoms with E-state index >= 15 is 0 Å². The third-order valence-electron chi connectivity index (χ3n) is 6.99. The molecular weight excluding hydrogens is 486 g/mol. The van der Waals surface area contributed by atoms with Crippen molar-refractivity contribution in [2.45, 2.75) is 59.2 Å².